The summed E-state index contributed by atoms with van der Waals surface area (Å²) in [5.41, 5.74) is 0. The molecule has 0 saturated carbocycles. The van der Waals surface area contributed by atoms with Gasteiger partial charge in [-0.2, -0.15) is 0 Å². The van der Waals surface area contributed by atoms with Gasteiger partial charge in [-0.3, -0.25) is 0 Å². The number of carbonyl (C=O) groups excluding carboxylic acids is 1. The van der Waals surface area contributed by atoms with Gasteiger partial charge in [0.05, 0.1) is 0 Å². The van der Waals surface area contributed by atoms with Gasteiger partial charge in [-0.15, -0.1) is 0 Å². The maximum Gasteiger partial charge on any atom is 3.00 e. The van der Waals surface area contributed by atoms with Gasteiger partial charge in [-0.1, -0.05) is 45.4 Å². The van der Waals surface area contributed by atoms with Gasteiger partial charge in [0.2, 0.25) is 0 Å². The average molecular weight is 198 g/mol. The van der Waals surface area contributed by atoms with Crippen molar-refractivity contribution in [3.8, 4) is 0 Å². The van der Waals surface area contributed by atoms with Crippen molar-refractivity contribution >= 4 is 23.3 Å². The third-order valence-electron chi connectivity index (χ3n) is 1.98. The number of carbonyl (C=O) groups is 1. The summed E-state index contributed by atoms with van der Waals surface area (Å²) in [7, 11) is 0. The van der Waals surface area contributed by atoms with Crippen LogP contribution in [0.5, 0.6) is 0 Å². The standard InChI is InChI=1S/C10H20O2.Al/c1-2-3-4-5-6-7-8-9-10(11)12;/h2-9H2,1H3,(H,11,12);/q;+3/p-1. The smallest absolute Gasteiger partial charge is 0.550 e. The van der Waals surface area contributed by atoms with Gasteiger partial charge in [0.15, 0.2) is 0 Å². The van der Waals surface area contributed by atoms with E-state index in [4.69, 9.17) is 0 Å². The van der Waals surface area contributed by atoms with E-state index in [2.05, 4.69) is 6.92 Å². The molecular formula is C10H19AlO2+2. The van der Waals surface area contributed by atoms with Crippen LogP contribution in [0.3, 0.4) is 0 Å². The zero-order valence-corrected chi connectivity index (χ0v) is 9.71. The van der Waals surface area contributed by atoms with Crippen LogP contribution in [0.25, 0.3) is 0 Å². The number of unbranched alkanes of at least 4 members (excludes halogenated alkanes) is 6. The summed E-state index contributed by atoms with van der Waals surface area (Å²) in [4.78, 5) is 10.0. The Hall–Kier alpha value is 0.00247. The Kier molecular flexibility index (Phi) is 14.3. The van der Waals surface area contributed by atoms with E-state index in [0.717, 1.165) is 12.8 Å². The second kappa shape index (κ2) is 12.0. The number of aliphatic carboxylic acids is 1. The van der Waals surface area contributed by atoms with Crippen LogP contribution < -0.4 is 5.11 Å². The topological polar surface area (TPSA) is 40.1 Å². The van der Waals surface area contributed by atoms with Crippen LogP contribution in [0, 0.1) is 0 Å². The molecule has 0 rings (SSSR count). The Morgan fingerprint density at radius 2 is 1.46 bits per heavy atom. The van der Waals surface area contributed by atoms with E-state index in [9.17, 15) is 9.90 Å². The summed E-state index contributed by atoms with van der Waals surface area (Å²) in [6.45, 7) is 2.19. The molecule has 0 saturated heterocycles. The van der Waals surface area contributed by atoms with Gasteiger partial charge in [0, 0.05) is 5.97 Å². The van der Waals surface area contributed by atoms with E-state index < -0.39 is 5.97 Å². The molecule has 72 valence electrons. The number of carboxylic acid groups (broad SMARTS) is 1. The fourth-order valence-electron chi connectivity index (χ4n) is 1.23. The third-order valence-corrected chi connectivity index (χ3v) is 1.98. The van der Waals surface area contributed by atoms with Crippen LogP contribution in [0.15, 0.2) is 0 Å². The summed E-state index contributed by atoms with van der Waals surface area (Å²) in [5, 5.41) is 10.0. The fourth-order valence-corrected chi connectivity index (χ4v) is 1.23. The minimum absolute atomic E-state index is 0. The first-order chi connectivity index (χ1) is 5.77. The van der Waals surface area contributed by atoms with Gasteiger partial charge in [0.25, 0.3) is 0 Å². The van der Waals surface area contributed by atoms with Crippen LogP contribution >= 0.6 is 0 Å². The predicted molar refractivity (Wildman–Crippen MR) is 53.4 cm³/mol. The number of hydrogen-bond acceptors (Lipinski definition) is 2. The monoisotopic (exact) mass is 198 g/mol. The molecular weight excluding hydrogens is 179 g/mol. The first-order valence-electron chi connectivity index (χ1n) is 4.97. The van der Waals surface area contributed by atoms with Crippen LogP contribution in [-0.2, 0) is 4.79 Å². The van der Waals surface area contributed by atoms with Crippen molar-refractivity contribution in [2.75, 3.05) is 0 Å². The second-order valence-corrected chi connectivity index (χ2v) is 3.24. The van der Waals surface area contributed by atoms with Crippen molar-refractivity contribution in [2.45, 2.75) is 58.3 Å². The molecule has 0 aliphatic heterocycles. The van der Waals surface area contributed by atoms with Crippen molar-refractivity contribution in [3.63, 3.8) is 0 Å². The summed E-state index contributed by atoms with van der Waals surface area (Å²) in [5.74, 6) is -0.913. The summed E-state index contributed by atoms with van der Waals surface area (Å²) >= 11 is 0. The molecule has 2 nitrogen and oxygen atoms in total. The zero-order valence-electron chi connectivity index (χ0n) is 8.55. The minimum atomic E-state index is -0.913. The second-order valence-electron chi connectivity index (χ2n) is 3.24. The van der Waals surface area contributed by atoms with Crippen LogP contribution in [0.2, 0.25) is 0 Å². The third kappa shape index (κ3) is 14.8. The van der Waals surface area contributed by atoms with Crippen molar-refractivity contribution in [3.05, 3.63) is 0 Å². The van der Waals surface area contributed by atoms with Gasteiger partial charge in [0.1, 0.15) is 0 Å². The first-order valence-corrected chi connectivity index (χ1v) is 4.97. The molecule has 0 spiro atoms. The Balaban J connectivity index is 0. The predicted octanol–water partition coefficient (Wildman–Crippen LogP) is 1.50. The summed E-state index contributed by atoms with van der Waals surface area (Å²) in [6, 6.07) is 0. The Bertz CT molecular complexity index is 115. The molecule has 0 heterocycles. The quantitative estimate of drug-likeness (QED) is 0.438. The maximum atomic E-state index is 10.0. The maximum absolute atomic E-state index is 10.0. The molecule has 0 atom stereocenters. The molecule has 0 bridgehead atoms. The number of hydrogen-bond donors (Lipinski definition) is 0. The molecule has 0 aliphatic rings. The minimum Gasteiger partial charge on any atom is -0.550 e. The van der Waals surface area contributed by atoms with Gasteiger partial charge >= 0.3 is 17.4 Å². The molecule has 0 unspecified atom stereocenters. The van der Waals surface area contributed by atoms with Crippen LogP contribution in [0.4, 0.5) is 0 Å². The Morgan fingerprint density at radius 1 is 1.00 bits per heavy atom. The Morgan fingerprint density at radius 3 is 1.92 bits per heavy atom. The zero-order chi connectivity index (χ0) is 9.23. The van der Waals surface area contributed by atoms with Crippen LogP contribution in [0.1, 0.15) is 58.3 Å². The molecule has 3 heteroatoms. The molecule has 0 N–H and O–H groups in total. The molecule has 13 heavy (non-hydrogen) atoms. The van der Waals surface area contributed by atoms with E-state index >= 15 is 0 Å². The number of rotatable bonds is 8. The molecule has 0 aromatic heterocycles. The van der Waals surface area contributed by atoms with Crippen molar-refractivity contribution < 1.29 is 9.90 Å². The van der Waals surface area contributed by atoms with Crippen molar-refractivity contribution in [1.29, 1.82) is 0 Å². The largest absolute Gasteiger partial charge is 3.00 e. The number of carboxylic acids is 1. The summed E-state index contributed by atoms with van der Waals surface area (Å²) < 4.78 is 0. The molecule has 0 amide bonds. The molecule has 0 aromatic rings. The fraction of sp³-hybridized carbons (Fsp3) is 0.900. The van der Waals surface area contributed by atoms with Gasteiger partial charge in [-0.05, 0) is 12.8 Å². The van der Waals surface area contributed by atoms with E-state index in [-0.39, 0.29) is 23.8 Å². The van der Waals surface area contributed by atoms with Gasteiger partial charge in [-0.25, -0.2) is 0 Å². The molecule has 0 aliphatic carbocycles. The SMILES string of the molecule is CCCCCCCCCC(=O)[O-].[Al+3]. The van der Waals surface area contributed by atoms with E-state index in [0.29, 0.717) is 0 Å². The van der Waals surface area contributed by atoms with E-state index in [1.165, 1.54) is 32.1 Å². The normalized spacial score (nSPS) is 9.31. The van der Waals surface area contributed by atoms with E-state index in [1.807, 2.05) is 0 Å². The van der Waals surface area contributed by atoms with E-state index in [1.54, 1.807) is 0 Å². The van der Waals surface area contributed by atoms with Crippen molar-refractivity contribution in [2.24, 2.45) is 0 Å². The molecule has 0 radical (unpaired) electrons. The van der Waals surface area contributed by atoms with Gasteiger partial charge < -0.3 is 9.90 Å². The molecule has 0 fully saturated rings. The summed E-state index contributed by atoms with van der Waals surface area (Å²) in [6.07, 6.45) is 8.34. The first kappa shape index (κ1) is 15.5. The average Bonchev–Trinajstić information content (AvgIpc) is 2.02. The van der Waals surface area contributed by atoms with Crippen molar-refractivity contribution in [1.82, 2.24) is 0 Å². The van der Waals surface area contributed by atoms with Crippen LogP contribution in [-0.4, -0.2) is 23.3 Å². The molecule has 0 aromatic carbocycles. The Labute approximate surface area is 91.9 Å².